The topological polar surface area (TPSA) is 83.1 Å². The van der Waals surface area contributed by atoms with Crippen LogP contribution >= 0.6 is 19.4 Å². The van der Waals surface area contributed by atoms with Crippen molar-refractivity contribution in [1.82, 2.24) is 5.32 Å². The van der Waals surface area contributed by atoms with Crippen LogP contribution in [0.2, 0.25) is 5.02 Å². The summed E-state index contributed by atoms with van der Waals surface area (Å²) in [5, 5.41) is 3.60. The molecule has 1 heterocycles. The quantitative estimate of drug-likeness (QED) is 0.368. The van der Waals surface area contributed by atoms with Crippen molar-refractivity contribution in [2.75, 3.05) is 13.2 Å². The number of phosphoric ester groups is 1. The molecular weight excluding hydrogens is 441 g/mol. The molecule has 0 unspecified atom stereocenters. The van der Waals surface area contributed by atoms with E-state index >= 15 is 0 Å². The zero-order valence-corrected chi connectivity index (χ0v) is 21.0. The number of amides is 1. The smallest absolute Gasteiger partial charge is 0.444 e. The lowest BCUT2D eigenvalue weighted by molar-refractivity contribution is -0.0282. The highest BCUT2D eigenvalue weighted by Crippen LogP contribution is 2.56. The number of hydrogen-bond acceptors (Lipinski definition) is 6. The Morgan fingerprint density at radius 3 is 2.16 bits per heavy atom. The average Bonchev–Trinajstić information content (AvgIpc) is 2.60. The fourth-order valence-electron chi connectivity index (χ4n) is 3.11. The van der Waals surface area contributed by atoms with Crippen LogP contribution in [0, 0.1) is 0 Å². The Morgan fingerprint density at radius 1 is 1.06 bits per heavy atom. The van der Waals surface area contributed by atoms with Gasteiger partial charge >= 0.3 is 13.9 Å². The van der Waals surface area contributed by atoms with E-state index in [-0.39, 0.29) is 13.2 Å². The Labute approximate surface area is 190 Å². The average molecular weight is 476 g/mol. The molecule has 1 fully saturated rings. The third-order valence-electron chi connectivity index (χ3n) is 4.43. The molecule has 0 atom stereocenters. The van der Waals surface area contributed by atoms with Gasteiger partial charge in [0.2, 0.25) is 0 Å². The second kappa shape index (κ2) is 10.2. The number of benzene rings is 1. The molecule has 1 saturated heterocycles. The van der Waals surface area contributed by atoms with Crippen molar-refractivity contribution in [2.24, 2.45) is 0 Å². The molecule has 1 aromatic carbocycles. The molecule has 1 aliphatic heterocycles. The van der Waals surface area contributed by atoms with Crippen molar-refractivity contribution < 1.29 is 27.7 Å². The molecule has 0 aromatic heterocycles. The van der Waals surface area contributed by atoms with E-state index in [1.54, 1.807) is 41.5 Å². The standard InChI is InChI=1S/C22H35ClNO6P/c1-20(2,3)29-19(25)24-22(14-8-7-9-17-10-12-18(23)13-11-17)15-27-31(26,28-16-22)30-21(4,5)6/h10-13H,7-9,14-16H2,1-6H3,(H,24,25). The van der Waals surface area contributed by atoms with Gasteiger partial charge in [0.15, 0.2) is 0 Å². The van der Waals surface area contributed by atoms with Gasteiger partial charge in [-0.3, -0.25) is 13.6 Å². The molecule has 31 heavy (non-hydrogen) atoms. The number of unbranched alkanes of at least 4 members (excludes halogenated alkanes) is 1. The number of ether oxygens (including phenoxy) is 1. The van der Waals surface area contributed by atoms with Crippen molar-refractivity contribution in [1.29, 1.82) is 0 Å². The third kappa shape index (κ3) is 9.50. The van der Waals surface area contributed by atoms with E-state index in [1.807, 2.05) is 24.3 Å². The minimum absolute atomic E-state index is 0.0144. The molecule has 0 spiro atoms. The molecule has 1 amide bonds. The summed E-state index contributed by atoms with van der Waals surface area (Å²) < 4.78 is 34.8. The largest absolute Gasteiger partial charge is 0.475 e. The Hall–Kier alpha value is -1.11. The molecule has 2 rings (SSSR count). The summed E-state index contributed by atoms with van der Waals surface area (Å²) in [5.41, 5.74) is -0.983. The summed E-state index contributed by atoms with van der Waals surface area (Å²) >= 11 is 5.94. The van der Waals surface area contributed by atoms with Crippen molar-refractivity contribution in [3.63, 3.8) is 0 Å². The highest BCUT2D eigenvalue weighted by Gasteiger charge is 2.46. The summed E-state index contributed by atoms with van der Waals surface area (Å²) in [5.74, 6) is 0. The number of phosphoric acid groups is 1. The molecule has 176 valence electrons. The predicted molar refractivity (Wildman–Crippen MR) is 121 cm³/mol. The van der Waals surface area contributed by atoms with Gasteiger partial charge < -0.3 is 10.1 Å². The van der Waals surface area contributed by atoms with Gasteiger partial charge in [-0.05, 0) is 78.5 Å². The first kappa shape index (κ1) is 26.1. The van der Waals surface area contributed by atoms with E-state index in [1.165, 1.54) is 5.56 Å². The summed E-state index contributed by atoms with van der Waals surface area (Å²) in [7, 11) is -3.70. The Kier molecular flexibility index (Phi) is 8.62. The number of nitrogens with one attached hydrogen (secondary N) is 1. The number of halogens is 1. The number of hydrogen-bond donors (Lipinski definition) is 1. The summed E-state index contributed by atoms with van der Waals surface area (Å²) in [4.78, 5) is 12.5. The SMILES string of the molecule is CC(C)(C)OC(=O)NC1(CCCCc2ccc(Cl)cc2)COP(=O)(OC(C)(C)C)OC1. The summed E-state index contributed by atoms with van der Waals surface area (Å²) in [6.07, 6.45) is 2.60. The lowest BCUT2D eigenvalue weighted by Crippen LogP contribution is -2.57. The highest BCUT2D eigenvalue weighted by atomic mass is 35.5. The highest BCUT2D eigenvalue weighted by molar-refractivity contribution is 7.48. The monoisotopic (exact) mass is 475 g/mol. The molecule has 1 N–H and O–H groups in total. The van der Waals surface area contributed by atoms with Crippen LogP contribution in [-0.4, -0.2) is 36.0 Å². The molecule has 1 aliphatic rings. The van der Waals surface area contributed by atoms with Crippen LogP contribution in [-0.2, 0) is 29.3 Å². The lowest BCUT2D eigenvalue weighted by atomic mass is 9.93. The van der Waals surface area contributed by atoms with Crippen LogP contribution in [0.1, 0.15) is 66.4 Å². The molecule has 0 aliphatic carbocycles. The number of aryl methyl sites for hydroxylation is 1. The van der Waals surface area contributed by atoms with Gasteiger partial charge in [0.25, 0.3) is 0 Å². The van der Waals surface area contributed by atoms with E-state index in [0.717, 1.165) is 19.3 Å². The van der Waals surface area contributed by atoms with Crippen molar-refractivity contribution in [3.8, 4) is 0 Å². The van der Waals surface area contributed by atoms with Crippen LogP contribution in [0.15, 0.2) is 24.3 Å². The first-order valence-corrected chi connectivity index (χ1v) is 12.4. The van der Waals surface area contributed by atoms with Crippen molar-refractivity contribution in [2.45, 2.75) is 84.0 Å². The normalized spacial score (nSPS) is 24.6. The van der Waals surface area contributed by atoms with Gasteiger partial charge in [0.1, 0.15) is 5.60 Å². The van der Waals surface area contributed by atoms with Gasteiger partial charge in [-0.2, -0.15) is 0 Å². The van der Waals surface area contributed by atoms with E-state index < -0.39 is 30.7 Å². The summed E-state index contributed by atoms with van der Waals surface area (Å²) in [6, 6.07) is 7.75. The fraction of sp³-hybridized carbons (Fsp3) is 0.682. The first-order chi connectivity index (χ1) is 14.2. The fourth-order valence-corrected chi connectivity index (χ4v) is 4.90. The van der Waals surface area contributed by atoms with Crippen LogP contribution in [0.3, 0.4) is 0 Å². The predicted octanol–water partition coefficient (Wildman–Crippen LogP) is 6.29. The van der Waals surface area contributed by atoms with Crippen molar-refractivity contribution in [3.05, 3.63) is 34.9 Å². The van der Waals surface area contributed by atoms with Crippen molar-refractivity contribution >= 4 is 25.5 Å². The van der Waals surface area contributed by atoms with Crippen LogP contribution < -0.4 is 5.32 Å². The molecular formula is C22H35ClNO6P. The van der Waals surface area contributed by atoms with E-state index in [4.69, 9.17) is 29.9 Å². The Bertz CT molecular complexity index is 773. The number of rotatable bonds is 7. The van der Waals surface area contributed by atoms with E-state index in [2.05, 4.69) is 5.32 Å². The van der Waals surface area contributed by atoms with Crippen LogP contribution in [0.5, 0.6) is 0 Å². The Morgan fingerprint density at radius 2 is 1.65 bits per heavy atom. The Balaban J connectivity index is 2.00. The third-order valence-corrected chi connectivity index (χ3v) is 6.35. The zero-order valence-electron chi connectivity index (χ0n) is 19.3. The number of alkyl carbamates (subject to hydrolysis) is 1. The molecule has 1 aromatic rings. The maximum absolute atomic E-state index is 12.8. The molecule has 7 nitrogen and oxygen atoms in total. The summed E-state index contributed by atoms with van der Waals surface area (Å²) in [6.45, 7) is 10.7. The molecule has 0 radical (unpaired) electrons. The maximum Gasteiger partial charge on any atom is 0.475 e. The van der Waals surface area contributed by atoms with Gasteiger partial charge in [-0.15, -0.1) is 0 Å². The van der Waals surface area contributed by atoms with Gasteiger partial charge in [0, 0.05) is 5.02 Å². The van der Waals surface area contributed by atoms with E-state index in [0.29, 0.717) is 11.4 Å². The van der Waals surface area contributed by atoms with E-state index in [9.17, 15) is 9.36 Å². The first-order valence-electron chi connectivity index (χ1n) is 10.5. The minimum atomic E-state index is -3.70. The maximum atomic E-state index is 12.8. The minimum Gasteiger partial charge on any atom is -0.444 e. The van der Waals surface area contributed by atoms with Gasteiger partial charge in [-0.1, -0.05) is 30.2 Å². The van der Waals surface area contributed by atoms with Crippen LogP contribution in [0.25, 0.3) is 0 Å². The number of carbonyl (C=O) groups is 1. The number of carbonyl (C=O) groups excluding carboxylic acids is 1. The van der Waals surface area contributed by atoms with Gasteiger partial charge in [-0.25, -0.2) is 9.36 Å². The molecule has 0 bridgehead atoms. The van der Waals surface area contributed by atoms with Gasteiger partial charge in [0.05, 0.1) is 24.4 Å². The second-order valence-corrected chi connectivity index (χ2v) is 12.0. The van der Waals surface area contributed by atoms with Crippen LogP contribution in [0.4, 0.5) is 4.79 Å². The molecule has 0 saturated carbocycles. The lowest BCUT2D eigenvalue weighted by Gasteiger charge is -2.41. The second-order valence-electron chi connectivity index (χ2n) is 9.94. The zero-order chi connectivity index (χ0) is 23.3. The molecule has 9 heteroatoms.